The molecule has 0 aliphatic carbocycles. The summed E-state index contributed by atoms with van der Waals surface area (Å²) in [5.74, 6) is 0.452. The Morgan fingerprint density at radius 3 is 2.83 bits per heavy atom. The zero-order chi connectivity index (χ0) is 20.0. The number of morpholine rings is 1. The van der Waals surface area contributed by atoms with E-state index in [1.54, 1.807) is 28.4 Å². The average Bonchev–Trinajstić information content (AvgIpc) is 3.18. The van der Waals surface area contributed by atoms with Gasteiger partial charge in [0.25, 0.3) is 5.56 Å². The lowest BCUT2D eigenvalue weighted by Crippen LogP contribution is -2.37. The van der Waals surface area contributed by atoms with Crippen LogP contribution in [0.1, 0.15) is 5.56 Å². The molecule has 0 bridgehead atoms. The number of hydrogen-bond donors (Lipinski definition) is 1. The van der Waals surface area contributed by atoms with Crippen molar-refractivity contribution in [3.8, 4) is 0 Å². The van der Waals surface area contributed by atoms with E-state index in [1.165, 1.54) is 6.33 Å². The Bertz CT molecular complexity index is 1270. The number of pyridine rings is 2. The van der Waals surface area contributed by atoms with Crippen LogP contribution in [0.3, 0.4) is 0 Å². The molecular weight excluding hydrogens is 372 g/mol. The van der Waals surface area contributed by atoms with Crippen LogP contribution in [0.2, 0.25) is 0 Å². The van der Waals surface area contributed by atoms with Crippen molar-refractivity contribution in [3.63, 3.8) is 0 Å². The number of rotatable bonds is 3. The van der Waals surface area contributed by atoms with Crippen molar-refractivity contribution in [1.29, 1.82) is 0 Å². The molecule has 1 N–H and O–H groups in total. The summed E-state index contributed by atoms with van der Waals surface area (Å²) in [6, 6.07) is 3.58. The van der Waals surface area contributed by atoms with Gasteiger partial charge in [-0.05, 0) is 18.6 Å². The van der Waals surface area contributed by atoms with Gasteiger partial charge in [0.2, 0.25) is 5.95 Å². The van der Waals surface area contributed by atoms with Gasteiger partial charge in [-0.3, -0.25) is 4.79 Å². The lowest BCUT2D eigenvalue weighted by atomic mass is 10.2. The van der Waals surface area contributed by atoms with Crippen LogP contribution in [0, 0.1) is 6.92 Å². The molecule has 0 spiro atoms. The molecule has 0 aromatic carbocycles. The van der Waals surface area contributed by atoms with Crippen molar-refractivity contribution in [2.45, 2.75) is 6.92 Å². The van der Waals surface area contributed by atoms with E-state index in [0.29, 0.717) is 24.7 Å². The topological polar surface area (TPSA) is 102 Å². The first-order valence-electron chi connectivity index (χ1n) is 9.36. The van der Waals surface area contributed by atoms with Gasteiger partial charge < -0.3 is 19.5 Å². The van der Waals surface area contributed by atoms with Crippen LogP contribution in [0.5, 0.6) is 0 Å². The molecule has 1 saturated heterocycles. The number of fused-ring (bicyclic) bond motifs is 2. The highest BCUT2D eigenvalue weighted by Gasteiger charge is 2.18. The number of anilines is 3. The molecule has 0 radical (unpaired) electrons. The first-order chi connectivity index (χ1) is 14.1. The van der Waals surface area contributed by atoms with Crippen LogP contribution < -0.4 is 15.8 Å². The first-order valence-corrected chi connectivity index (χ1v) is 9.36. The fraction of sp³-hybridized carbons (Fsp3) is 0.316. The molecule has 1 aliphatic heterocycles. The van der Waals surface area contributed by atoms with E-state index in [0.717, 1.165) is 41.2 Å². The van der Waals surface area contributed by atoms with Gasteiger partial charge in [0.05, 0.1) is 42.5 Å². The summed E-state index contributed by atoms with van der Waals surface area (Å²) in [6.07, 6.45) is 5.05. The van der Waals surface area contributed by atoms with Crippen LogP contribution >= 0.6 is 0 Å². The number of hydrogen-bond acceptors (Lipinski definition) is 8. The predicted molar refractivity (Wildman–Crippen MR) is 109 cm³/mol. The first kappa shape index (κ1) is 17.6. The number of aryl methyl sites for hydroxylation is 2. The molecule has 4 aromatic rings. The molecular formula is C19H20N8O2. The maximum atomic E-state index is 12.4. The zero-order valence-corrected chi connectivity index (χ0v) is 16.2. The second-order valence-corrected chi connectivity index (χ2v) is 7.01. The fourth-order valence-corrected chi connectivity index (χ4v) is 3.52. The largest absolute Gasteiger partial charge is 0.378 e. The van der Waals surface area contributed by atoms with Crippen LogP contribution in [0.4, 0.5) is 17.3 Å². The average molecular weight is 392 g/mol. The molecule has 5 rings (SSSR count). The van der Waals surface area contributed by atoms with E-state index in [1.807, 2.05) is 19.2 Å². The van der Waals surface area contributed by atoms with Gasteiger partial charge >= 0.3 is 0 Å². The Balaban J connectivity index is 1.60. The van der Waals surface area contributed by atoms with E-state index in [-0.39, 0.29) is 5.56 Å². The molecule has 0 unspecified atom stereocenters. The number of ether oxygens (including phenoxy) is 1. The molecule has 0 atom stereocenters. The van der Waals surface area contributed by atoms with Gasteiger partial charge in [-0.25, -0.2) is 19.5 Å². The molecule has 0 saturated carbocycles. The molecule has 10 nitrogen and oxygen atoms in total. The Morgan fingerprint density at radius 1 is 1.17 bits per heavy atom. The maximum absolute atomic E-state index is 12.4. The standard InChI is InChI=1S/C19H20N8O2/c1-12-7-16-21-11-22-27(16)10-13(12)23-19-20-9-15-18(24-19)14(8-17(28)25(15)2)26-3-5-29-6-4-26/h7-11H,3-6H2,1-2H3,(H,20,23,24). The van der Waals surface area contributed by atoms with E-state index in [4.69, 9.17) is 9.72 Å². The summed E-state index contributed by atoms with van der Waals surface area (Å²) in [5, 5.41) is 7.45. The van der Waals surface area contributed by atoms with Crippen LogP contribution in [-0.4, -0.2) is 55.4 Å². The smallest absolute Gasteiger partial charge is 0.252 e. The Kier molecular flexibility index (Phi) is 4.13. The van der Waals surface area contributed by atoms with Gasteiger partial charge in [0.15, 0.2) is 5.65 Å². The number of nitrogens with one attached hydrogen (secondary N) is 1. The zero-order valence-electron chi connectivity index (χ0n) is 16.2. The minimum atomic E-state index is -0.0872. The highest BCUT2D eigenvalue weighted by atomic mass is 16.5. The highest BCUT2D eigenvalue weighted by Crippen LogP contribution is 2.26. The molecule has 4 aromatic heterocycles. The summed E-state index contributed by atoms with van der Waals surface area (Å²) in [5.41, 5.74) is 4.75. The van der Waals surface area contributed by atoms with Gasteiger partial charge in [-0.2, -0.15) is 5.10 Å². The second-order valence-electron chi connectivity index (χ2n) is 7.01. The quantitative estimate of drug-likeness (QED) is 0.556. The highest BCUT2D eigenvalue weighted by molar-refractivity contribution is 5.88. The third-order valence-corrected chi connectivity index (χ3v) is 5.19. The second kappa shape index (κ2) is 6.82. The Labute approximate surface area is 165 Å². The third kappa shape index (κ3) is 3.07. The van der Waals surface area contributed by atoms with Gasteiger partial charge in [0.1, 0.15) is 11.8 Å². The van der Waals surface area contributed by atoms with Gasteiger partial charge in [-0.15, -0.1) is 0 Å². The van der Waals surface area contributed by atoms with E-state index >= 15 is 0 Å². The lowest BCUT2D eigenvalue weighted by molar-refractivity contribution is 0.123. The Morgan fingerprint density at radius 2 is 2.00 bits per heavy atom. The van der Waals surface area contributed by atoms with Crippen LogP contribution in [-0.2, 0) is 11.8 Å². The van der Waals surface area contributed by atoms with Crippen molar-refractivity contribution < 1.29 is 4.74 Å². The molecule has 148 valence electrons. The summed E-state index contributed by atoms with van der Waals surface area (Å²) in [7, 11) is 1.73. The SMILES string of the molecule is Cc1cc2ncnn2cc1Nc1ncc2c(n1)c(N1CCOCC1)cc(=O)n2C. The normalized spacial score (nSPS) is 14.6. The number of aromatic nitrogens is 6. The monoisotopic (exact) mass is 392 g/mol. The maximum Gasteiger partial charge on any atom is 0.252 e. The van der Waals surface area contributed by atoms with Crippen LogP contribution in [0.25, 0.3) is 16.7 Å². The van der Waals surface area contributed by atoms with E-state index in [2.05, 4.69) is 25.3 Å². The summed E-state index contributed by atoms with van der Waals surface area (Å²) < 4.78 is 8.71. The van der Waals surface area contributed by atoms with Gasteiger partial charge in [0, 0.05) is 26.2 Å². The summed E-state index contributed by atoms with van der Waals surface area (Å²) >= 11 is 0. The number of nitrogens with zero attached hydrogens (tertiary/aromatic N) is 7. The summed E-state index contributed by atoms with van der Waals surface area (Å²) in [4.78, 5) is 27.9. The Hall–Kier alpha value is -3.53. The minimum Gasteiger partial charge on any atom is -0.378 e. The van der Waals surface area contributed by atoms with Crippen molar-refractivity contribution in [1.82, 2.24) is 29.1 Å². The van der Waals surface area contributed by atoms with Crippen molar-refractivity contribution in [2.24, 2.45) is 7.05 Å². The lowest BCUT2D eigenvalue weighted by Gasteiger charge is -2.29. The van der Waals surface area contributed by atoms with Crippen molar-refractivity contribution in [3.05, 3.63) is 46.8 Å². The van der Waals surface area contributed by atoms with Crippen LogP contribution in [0.15, 0.2) is 35.6 Å². The van der Waals surface area contributed by atoms with E-state index < -0.39 is 0 Å². The van der Waals surface area contributed by atoms with Crippen molar-refractivity contribution in [2.75, 3.05) is 36.5 Å². The molecule has 5 heterocycles. The predicted octanol–water partition coefficient (Wildman–Crippen LogP) is 1.26. The minimum absolute atomic E-state index is 0.0872. The van der Waals surface area contributed by atoms with Crippen molar-refractivity contribution >= 4 is 34.0 Å². The molecule has 29 heavy (non-hydrogen) atoms. The molecule has 1 aliphatic rings. The third-order valence-electron chi connectivity index (χ3n) is 5.19. The molecule has 0 amide bonds. The molecule has 1 fully saturated rings. The van der Waals surface area contributed by atoms with E-state index in [9.17, 15) is 4.79 Å². The fourth-order valence-electron chi connectivity index (χ4n) is 3.52. The molecule has 10 heteroatoms. The summed E-state index contributed by atoms with van der Waals surface area (Å²) in [6.45, 7) is 4.68. The van der Waals surface area contributed by atoms with Gasteiger partial charge in [-0.1, -0.05) is 0 Å².